The molecule has 2 aliphatic rings. The highest BCUT2D eigenvalue weighted by Crippen LogP contribution is 2.30. The van der Waals surface area contributed by atoms with Crippen molar-refractivity contribution < 1.29 is 0 Å². The Morgan fingerprint density at radius 1 is 0.926 bits per heavy atom. The number of aromatic nitrogens is 2. The fourth-order valence-electron chi connectivity index (χ4n) is 3.60. The van der Waals surface area contributed by atoms with Crippen LogP contribution in [0.5, 0.6) is 0 Å². The largest absolute Gasteiger partial charge is 0.356 e. The van der Waals surface area contributed by atoms with E-state index in [4.69, 9.17) is 11.6 Å². The maximum Gasteiger partial charge on any atom is 0.224 e. The van der Waals surface area contributed by atoms with Gasteiger partial charge in [0.1, 0.15) is 5.82 Å². The van der Waals surface area contributed by atoms with Crippen molar-refractivity contribution in [3.63, 3.8) is 0 Å². The van der Waals surface area contributed by atoms with Crippen LogP contribution in [-0.4, -0.2) is 34.5 Å². The molecule has 4 rings (SSSR count). The van der Waals surface area contributed by atoms with Crippen molar-refractivity contribution >= 4 is 17.4 Å². The molecular weight excluding hydrogens is 356 g/mol. The number of rotatable bonds is 3. The van der Waals surface area contributed by atoms with E-state index in [9.17, 15) is 0 Å². The van der Waals surface area contributed by atoms with E-state index >= 15 is 0 Å². The molecule has 1 aromatic heterocycles. The Hall–Kier alpha value is -1.65. The van der Waals surface area contributed by atoms with Gasteiger partial charge in [-0.2, -0.15) is 0 Å². The highest BCUT2D eigenvalue weighted by molar-refractivity contribution is 6.28. The van der Waals surface area contributed by atoms with Gasteiger partial charge in [-0.3, -0.25) is 4.90 Å². The average molecular weight is 389 g/mol. The molecule has 0 radical (unpaired) electrons. The number of nitrogens with zero attached hydrogens (tertiary/aromatic N) is 4. The lowest BCUT2D eigenvalue weighted by Crippen LogP contribution is -2.33. The van der Waals surface area contributed by atoms with E-state index in [1.165, 1.54) is 24.0 Å². The topological polar surface area (TPSA) is 32.3 Å². The number of anilines is 1. The number of hydrogen-bond acceptors (Lipinski definition) is 4. The van der Waals surface area contributed by atoms with Crippen LogP contribution in [0.15, 0.2) is 30.3 Å². The van der Waals surface area contributed by atoms with Gasteiger partial charge in [-0.25, -0.2) is 9.97 Å². The van der Waals surface area contributed by atoms with Crippen molar-refractivity contribution in [2.24, 2.45) is 0 Å². The van der Waals surface area contributed by atoms with E-state index in [0.29, 0.717) is 5.28 Å². The Balaban J connectivity index is 0.000000614. The van der Waals surface area contributed by atoms with Crippen LogP contribution in [0.3, 0.4) is 0 Å². The van der Waals surface area contributed by atoms with Gasteiger partial charge in [0, 0.05) is 38.3 Å². The van der Waals surface area contributed by atoms with Crippen LogP contribution < -0.4 is 4.90 Å². The molecule has 3 heterocycles. The highest BCUT2D eigenvalue weighted by atomic mass is 35.5. The summed E-state index contributed by atoms with van der Waals surface area (Å²) in [5.74, 6) is 1.08. The highest BCUT2D eigenvalue weighted by Gasteiger charge is 2.26. The molecule has 1 saturated heterocycles. The molecule has 1 fully saturated rings. The van der Waals surface area contributed by atoms with Crippen molar-refractivity contribution in [2.45, 2.75) is 60.0 Å². The van der Waals surface area contributed by atoms with Crippen LogP contribution in [-0.2, 0) is 19.5 Å². The third-order valence-corrected chi connectivity index (χ3v) is 4.92. The predicted octanol–water partition coefficient (Wildman–Crippen LogP) is 5.34. The van der Waals surface area contributed by atoms with Crippen molar-refractivity contribution in [1.29, 1.82) is 0 Å². The first kappa shape index (κ1) is 21.6. The number of fused-ring (bicyclic) bond motifs is 1. The molecule has 0 spiro atoms. The van der Waals surface area contributed by atoms with Crippen LogP contribution in [0.1, 0.15) is 57.4 Å². The molecule has 0 aliphatic carbocycles. The normalized spacial score (nSPS) is 16.0. The Morgan fingerprint density at radius 2 is 1.59 bits per heavy atom. The van der Waals surface area contributed by atoms with Crippen LogP contribution in [0.25, 0.3) is 0 Å². The summed E-state index contributed by atoms with van der Waals surface area (Å²) < 4.78 is 0. The Labute approximate surface area is 169 Å². The van der Waals surface area contributed by atoms with Crippen molar-refractivity contribution in [3.8, 4) is 0 Å². The molecule has 0 saturated carbocycles. The summed E-state index contributed by atoms with van der Waals surface area (Å²) in [5.41, 5.74) is 3.76. The first-order valence-electron chi connectivity index (χ1n) is 10.4. The van der Waals surface area contributed by atoms with Gasteiger partial charge < -0.3 is 4.90 Å². The third kappa shape index (κ3) is 5.66. The molecule has 5 heteroatoms. The minimum absolute atomic E-state index is 0.382. The lowest BCUT2D eigenvalue weighted by atomic mass is 10.0. The van der Waals surface area contributed by atoms with Crippen LogP contribution >= 0.6 is 11.6 Å². The maximum absolute atomic E-state index is 6.20. The quantitative estimate of drug-likeness (QED) is 0.664. The molecular formula is C22H33ClN4. The second-order valence-electron chi connectivity index (χ2n) is 6.38. The first-order valence-corrected chi connectivity index (χ1v) is 10.7. The molecule has 0 amide bonds. The average Bonchev–Trinajstić information content (AvgIpc) is 3.26. The molecule has 0 unspecified atom stereocenters. The van der Waals surface area contributed by atoms with Gasteiger partial charge in [-0.15, -0.1) is 0 Å². The van der Waals surface area contributed by atoms with E-state index in [0.717, 1.165) is 50.7 Å². The molecule has 1 aromatic carbocycles. The minimum atomic E-state index is 0.382. The van der Waals surface area contributed by atoms with Gasteiger partial charge in [-0.1, -0.05) is 58.0 Å². The fourth-order valence-corrected chi connectivity index (χ4v) is 3.78. The van der Waals surface area contributed by atoms with E-state index < -0.39 is 0 Å². The zero-order valence-corrected chi connectivity index (χ0v) is 18.0. The van der Waals surface area contributed by atoms with E-state index in [1.807, 2.05) is 27.7 Å². The van der Waals surface area contributed by atoms with Gasteiger partial charge in [0.15, 0.2) is 0 Å². The van der Waals surface area contributed by atoms with Crippen LogP contribution in [0, 0.1) is 0 Å². The molecule has 2 aliphatic heterocycles. The molecule has 2 aromatic rings. The number of benzene rings is 1. The summed E-state index contributed by atoms with van der Waals surface area (Å²) in [6, 6.07) is 10.6. The second-order valence-corrected chi connectivity index (χ2v) is 6.72. The monoisotopic (exact) mass is 388 g/mol. The first-order chi connectivity index (χ1) is 13.3. The zero-order chi connectivity index (χ0) is 19.6. The molecule has 27 heavy (non-hydrogen) atoms. The maximum atomic E-state index is 6.20. The number of hydrogen-bond donors (Lipinski definition) is 0. The Bertz CT molecular complexity index is 684. The standard InChI is InChI=1S/C18H21ClN4.2C2H6/c19-18-20-16-13-22(12-14-6-2-1-3-7-14)11-8-15(16)17(21-18)23-9-4-5-10-23;2*1-2/h1-3,6-7H,4-5,8-13H2;2*1-2H3. The lowest BCUT2D eigenvalue weighted by Gasteiger charge is -2.31. The van der Waals surface area contributed by atoms with Gasteiger partial charge >= 0.3 is 0 Å². The lowest BCUT2D eigenvalue weighted by molar-refractivity contribution is 0.241. The van der Waals surface area contributed by atoms with Crippen molar-refractivity contribution in [1.82, 2.24) is 14.9 Å². The molecule has 0 N–H and O–H groups in total. The summed E-state index contributed by atoms with van der Waals surface area (Å²) in [7, 11) is 0. The third-order valence-electron chi connectivity index (χ3n) is 4.75. The van der Waals surface area contributed by atoms with E-state index in [-0.39, 0.29) is 0 Å². The Kier molecular flexibility index (Phi) is 9.02. The van der Waals surface area contributed by atoms with Crippen LogP contribution in [0.4, 0.5) is 5.82 Å². The fraction of sp³-hybridized carbons (Fsp3) is 0.545. The second kappa shape index (κ2) is 11.3. The molecule has 148 valence electrons. The van der Waals surface area contributed by atoms with E-state index in [1.54, 1.807) is 0 Å². The van der Waals surface area contributed by atoms with E-state index in [2.05, 4.69) is 50.1 Å². The summed E-state index contributed by atoms with van der Waals surface area (Å²) in [6.45, 7) is 13.0. The summed E-state index contributed by atoms with van der Waals surface area (Å²) in [6.07, 6.45) is 3.50. The zero-order valence-electron chi connectivity index (χ0n) is 17.2. The summed E-state index contributed by atoms with van der Waals surface area (Å²) in [5, 5.41) is 0.382. The van der Waals surface area contributed by atoms with Crippen molar-refractivity contribution in [2.75, 3.05) is 24.5 Å². The van der Waals surface area contributed by atoms with Crippen LogP contribution in [0.2, 0.25) is 5.28 Å². The molecule has 0 bridgehead atoms. The van der Waals surface area contributed by atoms with Gasteiger partial charge in [0.2, 0.25) is 5.28 Å². The number of halogens is 1. The van der Waals surface area contributed by atoms with Gasteiger partial charge in [0.25, 0.3) is 0 Å². The predicted molar refractivity (Wildman–Crippen MR) is 115 cm³/mol. The SMILES string of the molecule is CC.CC.Clc1nc2c(c(N3CCCC3)n1)CCN(Cc1ccccc1)C2. The molecule has 0 atom stereocenters. The summed E-state index contributed by atoms with van der Waals surface area (Å²) in [4.78, 5) is 13.9. The minimum Gasteiger partial charge on any atom is -0.356 e. The van der Waals surface area contributed by atoms with Gasteiger partial charge in [0.05, 0.1) is 5.69 Å². The van der Waals surface area contributed by atoms with Gasteiger partial charge in [-0.05, 0) is 36.4 Å². The smallest absolute Gasteiger partial charge is 0.224 e. The van der Waals surface area contributed by atoms with Crippen molar-refractivity contribution in [3.05, 3.63) is 52.4 Å². The Morgan fingerprint density at radius 3 is 2.26 bits per heavy atom. The summed E-state index contributed by atoms with van der Waals surface area (Å²) >= 11 is 6.20. The molecule has 4 nitrogen and oxygen atoms in total.